The van der Waals surface area contributed by atoms with E-state index in [4.69, 9.17) is 16.9 Å². The number of nitrogens with zero attached hydrogens (tertiary/aromatic N) is 1. The second-order valence-corrected chi connectivity index (χ2v) is 6.54. The van der Waals surface area contributed by atoms with Crippen LogP contribution in [0.25, 0.3) is 0 Å². The Balaban J connectivity index is 2.14. The molecule has 0 atom stereocenters. The third-order valence-corrected chi connectivity index (χ3v) is 4.88. The van der Waals surface area contributed by atoms with Crippen molar-refractivity contribution in [2.75, 3.05) is 19.6 Å². The predicted molar refractivity (Wildman–Crippen MR) is 76.9 cm³/mol. The zero-order valence-corrected chi connectivity index (χ0v) is 12.3. The average Bonchev–Trinajstić information content (AvgIpc) is 2.46. The molecular weight excluding hydrogens is 298 g/mol. The smallest absolute Gasteiger partial charge is 0.242 e. The normalized spacial score (nSPS) is 15.5. The standard InChI is InChI=1S/C13H14ClN3O2S/c14-12-7-11(8-15)1-2-13(12)20(18,19)17-9-10-3-5-16-6-4-10/h1-3,7,16-17H,4-6,9H2. The summed E-state index contributed by atoms with van der Waals surface area (Å²) in [7, 11) is -3.67. The minimum atomic E-state index is -3.67. The first kappa shape index (κ1) is 15.0. The van der Waals surface area contributed by atoms with Gasteiger partial charge in [-0.1, -0.05) is 23.3 Å². The van der Waals surface area contributed by atoms with Crippen molar-refractivity contribution in [3.8, 4) is 6.07 Å². The zero-order chi connectivity index (χ0) is 14.6. The molecule has 0 bridgehead atoms. The number of nitrogens with one attached hydrogen (secondary N) is 2. The summed E-state index contributed by atoms with van der Waals surface area (Å²) in [6.07, 6.45) is 2.80. The van der Waals surface area contributed by atoms with Gasteiger partial charge in [-0.3, -0.25) is 0 Å². The molecule has 0 saturated heterocycles. The number of sulfonamides is 1. The Morgan fingerprint density at radius 1 is 1.45 bits per heavy atom. The van der Waals surface area contributed by atoms with Crippen molar-refractivity contribution in [3.63, 3.8) is 0 Å². The zero-order valence-electron chi connectivity index (χ0n) is 10.7. The van der Waals surface area contributed by atoms with E-state index >= 15 is 0 Å². The van der Waals surface area contributed by atoms with E-state index in [0.717, 1.165) is 25.1 Å². The molecule has 20 heavy (non-hydrogen) atoms. The van der Waals surface area contributed by atoms with E-state index in [-0.39, 0.29) is 16.5 Å². The quantitative estimate of drug-likeness (QED) is 0.824. The van der Waals surface area contributed by atoms with Crippen LogP contribution in [0.3, 0.4) is 0 Å². The molecule has 0 aromatic heterocycles. The van der Waals surface area contributed by atoms with Gasteiger partial charge in [0.2, 0.25) is 10.0 Å². The average molecular weight is 312 g/mol. The maximum atomic E-state index is 12.2. The fourth-order valence-corrected chi connectivity index (χ4v) is 3.46. The van der Waals surface area contributed by atoms with Crippen LogP contribution in [0, 0.1) is 11.3 Å². The highest BCUT2D eigenvalue weighted by molar-refractivity contribution is 7.89. The van der Waals surface area contributed by atoms with E-state index in [0.29, 0.717) is 5.56 Å². The molecule has 0 amide bonds. The van der Waals surface area contributed by atoms with Gasteiger partial charge >= 0.3 is 0 Å². The molecule has 1 aromatic carbocycles. The minimum absolute atomic E-state index is 0.00676. The largest absolute Gasteiger partial charge is 0.313 e. The summed E-state index contributed by atoms with van der Waals surface area (Å²) >= 11 is 5.92. The van der Waals surface area contributed by atoms with Crippen LogP contribution in [0.5, 0.6) is 0 Å². The molecule has 0 aliphatic carbocycles. The van der Waals surface area contributed by atoms with E-state index in [9.17, 15) is 8.42 Å². The van der Waals surface area contributed by atoms with E-state index < -0.39 is 10.0 Å². The summed E-state index contributed by atoms with van der Waals surface area (Å²) in [6, 6.07) is 6.04. The molecule has 2 N–H and O–H groups in total. The first-order valence-electron chi connectivity index (χ1n) is 6.11. The van der Waals surface area contributed by atoms with Gasteiger partial charge in [0, 0.05) is 13.1 Å². The van der Waals surface area contributed by atoms with Gasteiger partial charge in [0.15, 0.2) is 0 Å². The first-order chi connectivity index (χ1) is 9.53. The fourth-order valence-electron chi connectivity index (χ4n) is 1.88. The maximum Gasteiger partial charge on any atom is 0.242 e. The third kappa shape index (κ3) is 3.58. The third-order valence-electron chi connectivity index (χ3n) is 3.00. The van der Waals surface area contributed by atoms with E-state index in [1.165, 1.54) is 18.2 Å². The topological polar surface area (TPSA) is 82.0 Å². The lowest BCUT2D eigenvalue weighted by Gasteiger charge is -2.15. The second kappa shape index (κ2) is 6.37. The van der Waals surface area contributed by atoms with Crippen molar-refractivity contribution in [3.05, 3.63) is 40.4 Å². The molecule has 0 unspecified atom stereocenters. The van der Waals surface area contributed by atoms with Gasteiger partial charge in [0.1, 0.15) is 4.90 Å². The fraction of sp³-hybridized carbons (Fsp3) is 0.308. The lowest BCUT2D eigenvalue weighted by Crippen LogP contribution is -2.29. The SMILES string of the molecule is N#Cc1ccc(S(=O)(=O)NCC2=CCNCC2)c(Cl)c1. The van der Waals surface area contributed by atoms with Crippen molar-refractivity contribution in [1.29, 1.82) is 5.26 Å². The second-order valence-electron chi connectivity index (χ2n) is 4.40. The van der Waals surface area contributed by atoms with E-state index in [2.05, 4.69) is 10.0 Å². The summed E-state index contributed by atoms with van der Waals surface area (Å²) in [5, 5.41) is 12.0. The predicted octanol–water partition coefficient (Wildman–Crippen LogP) is 1.41. The highest BCUT2D eigenvalue weighted by Crippen LogP contribution is 2.22. The molecule has 1 aliphatic heterocycles. The van der Waals surface area contributed by atoms with Gasteiger partial charge in [-0.05, 0) is 31.2 Å². The molecule has 0 spiro atoms. The van der Waals surface area contributed by atoms with Crippen LogP contribution in [0.4, 0.5) is 0 Å². The Labute approximate surface area is 123 Å². The van der Waals surface area contributed by atoms with Crippen LogP contribution >= 0.6 is 11.6 Å². The van der Waals surface area contributed by atoms with Crippen molar-refractivity contribution in [2.45, 2.75) is 11.3 Å². The molecular formula is C13H14ClN3O2S. The minimum Gasteiger partial charge on any atom is -0.313 e. The summed E-state index contributed by atoms with van der Waals surface area (Å²) in [6.45, 7) is 1.89. The van der Waals surface area contributed by atoms with Gasteiger partial charge in [-0.25, -0.2) is 13.1 Å². The van der Waals surface area contributed by atoms with Crippen LogP contribution in [-0.2, 0) is 10.0 Å². The van der Waals surface area contributed by atoms with Gasteiger partial charge < -0.3 is 5.32 Å². The number of rotatable bonds is 4. The highest BCUT2D eigenvalue weighted by Gasteiger charge is 2.18. The first-order valence-corrected chi connectivity index (χ1v) is 7.97. The van der Waals surface area contributed by atoms with Crippen LogP contribution in [0.1, 0.15) is 12.0 Å². The summed E-state index contributed by atoms with van der Waals surface area (Å²) < 4.78 is 26.9. The molecule has 106 valence electrons. The lowest BCUT2D eigenvalue weighted by molar-refractivity contribution is 0.582. The van der Waals surface area contributed by atoms with Crippen LogP contribution < -0.4 is 10.0 Å². The molecule has 7 heteroatoms. The Bertz CT molecular complexity index is 677. The molecule has 5 nitrogen and oxygen atoms in total. The molecule has 2 rings (SSSR count). The molecule has 0 radical (unpaired) electrons. The Morgan fingerprint density at radius 3 is 2.85 bits per heavy atom. The van der Waals surface area contributed by atoms with Crippen molar-refractivity contribution < 1.29 is 8.42 Å². The highest BCUT2D eigenvalue weighted by atomic mass is 35.5. The van der Waals surface area contributed by atoms with Crippen LogP contribution in [0.2, 0.25) is 5.02 Å². The number of hydrogen-bond donors (Lipinski definition) is 2. The number of benzene rings is 1. The molecule has 0 fully saturated rings. The summed E-state index contributed by atoms with van der Waals surface area (Å²) in [5.74, 6) is 0. The summed E-state index contributed by atoms with van der Waals surface area (Å²) in [4.78, 5) is -0.00676. The Hall–Kier alpha value is -1.39. The van der Waals surface area contributed by atoms with Crippen molar-refractivity contribution >= 4 is 21.6 Å². The molecule has 1 heterocycles. The van der Waals surface area contributed by atoms with E-state index in [1.807, 2.05) is 12.1 Å². The van der Waals surface area contributed by atoms with Crippen molar-refractivity contribution in [1.82, 2.24) is 10.0 Å². The summed E-state index contributed by atoms with van der Waals surface area (Å²) in [5.41, 5.74) is 1.38. The maximum absolute atomic E-state index is 12.2. The van der Waals surface area contributed by atoms with Gasteiger partial charge in [-0.2, -0.15) is 5.26 Å². The lowest BCUT2D eigenvalue weighted by atomic mass is 10.1. The molecule has 0 saturated carbocycles. The molecule has 1 aromatic rings. The van der Waals surface area contributed by atoms with Crippen LogP contribution in [-0.4, -0.2) is 28.1 Å². The molecule has 1 aliphatic rings. The Morgan fingerprint density at radius 2 is 2.25 bits per heavy atom. The van der Waals surface area contributed by atoms with E-state index in [1.54, 1.807) is 0 Å². The number of nitriles is 1. The number of hydrogen-bond acceptors (Lipinski definition) is 4. The van der Waals surface area contributed by atoms with Gasteiger partial charge in [-0.15, -0.1) is 0 Å². The number of halogens is 1. The van der Waals surface area contributed by atoms with Crippen molar-refractivity contribution in [2.24, 2.45) is 0 Å². The monoisotopic (exact) mass is 311 g/mol. The van der Waals surface area contributed by atoms with Gasteiger partial charge in [0.25, 0.3) is 0 Å². The van der Waals surface area contributed by atoms with Gasteiger partial charge in [0.05, 0.1) is 16.7 Å². The van der Waals surface area contributed by atoms with Crippen LogP contribution in [0.15, 0.2) is 34.7 Å². The Kier molecular flexibility index (Phi) is 4.78.